The van der Waals surface area contributed by atoms with Crippen LogP contribution in [-0.4, -0.2) is 51.8 Å². The molecule has 0 unspecified atom stereocenters. The Hall–Kier alpha value is -3.16. The lowest BCUT2D eigenvalue weighted by Crippen LogP contribution is -2.39. The predicted molar refractivity (Wildman–Crippen MR) is 113 cm³/mol. The van der Waals surface area contributed by atoms with Crippen LogP contribution in [0.5, 0.6) is 11.5 Å². The topological polar surface area (TPSA) is 97.1 Å². The van der Waals surface area contributed by atoms with Gasteiger partial charge in [0.25, 0.3) is 5.91 Å². The number of ether oxygens (including phenoxy) is 2. The van der Waals surface area contributed by atoms with Crippen LogP contribution in [0.1, 0.15) is 29.5 Å². The lowest BCUT2D eigenvalue weighted by molar-refractivity contribution is 0.0925. The molecule has 0 saturated heterocycles. The van der Waals surface area contributed by atoms with Gasteiger partial charge in [-0.05, 0) is 50.6 Å². The summed E-state index contributed by atoms with van der Waals surface area (Å²) < 4.78 is 16.0. The molecular formula is C21H30N4O4. The van der Waals surface area contributed by atoms with Crippen LogP contribution in [0.15, 0.2) is 46.0 Å². The van der Waals surface area contributed by atoms with Gasteiger partial charge in [0.05, 0.1) is 19.9 Å². The fraction of sp³-hybridized carbons (Fsp3) is 0.429. The van der Waals surface area contributed by atoms with Gasteiger partial charge in [0.15, 0.2) is 11.7 Å². The average Bonchev–Trinajstić information content (AvgIpc) is 3.17. The van der Waals surface area contributed by atoms with Crippen molar-refractivity contribution in [2.75, 3.05) is 39.9 Å². The number of nitrogens with one attached hydrogen (secondary N) is 3. The predicted octanol–water partition coefficient (Wildman–Crippen LogP) is 2.35. The number of rotatable bonds is 11. The Kier molecular flexibility index (Phi) is 9.41. The number of carbonyl (C=O) groups excluding carboxylic acids is 1. The van der Waals surface area contributed by atoms with Gasteiger partial charge in [0, 0.05) is 25.2 Å². The van der Waals surface area contributed by atoms with E-state index in [0.717, 1.165) is 36.0 Å². The summed E-state index contributed by atoms with van der Waals surface area (Å²) >= 11 is 0. The van der Waals surface area contributed by atoms with Crippen molar-refractivity contribution in [3.63, 3.8) is 0 Å². The first-order valence-corrected chi connectivity index (χ1v) is 9.75. The minimum absolute atomic E-state index is 0.197. The Morgan fingerprint density at radius 2 is 1.83 bits per heavy atom. The third-order valence-electron chi connectivity index (χ3n) is 4.03. The zero-order valence-electron chi connectivity index (χ0n) is 17.3. The van der Waals surface area contributed by atoms with E-state index >= 15 is 0 Å². The van der Waals surface area contributed by atoms with E-state index < -0.39 is 0 Å². The van der Waals surface area contributed by atoms with Crippen molar-refractivity contribution in [1.82, 2.24) is 16.0 Å². The van der Waals surface area contributed by atoms with Crippen molar-refractivity contribution < 1.29 is 18.7 Å². The molecule has 8 nitrogen and oxygen atoms in total. The van der Waals surface area contributed by atoms with E-state index in [1.165, 1.54) is 6.26 Å². The van der Waals surface area contributed by atoms with Crippen LogP contribution in [0, 0.1) is 6.92 Å². The number of hydrogen-bond acceptors (Lipinski definition) is 5. The molecule has 1 aromatic carbocycles. The summed E-state index contributed by atoms with van der Waals surface area (Å²) in [7, 11) is 1.63. The van der Waals surface area contributed by atoms with Gasteiger partial charge in [-0.2, -0.15) is 0 Å². The van der Waals surface area contributed by atoms with Crippen molar-refractivity contribution in [1.29, 1.82) is 0 Å². The van der Waals surface area contributed by atoms with Crippen molar-refractivity contribution in [3.8, 4) is 11.5 Å². The molecule has 0 aliphatic carbocycles. The largest absolute Gasteiger partial charge is 0.497 e. The van der Waals surface area contributed by atoms with Crippen LogP contribution in [-0.2, 0) is 0 Å². The number of benzene rings is 1. The molecule has 0 radical (unpaired) electrons. The van der Waals surface area contributed by atoms with Gasteiger partial charge in [0.2, 0.25) is 0 Å². The molecule has 8 heteroatoms. The fourth-order valence-corrected chi connectivity index (χ4v) is 2.51. The van der Waals surface area contributed by atoms with Crippen LogP contribution in [0.4, 0.5) is 0 Å². The fourth-order valence-electron chi connectivity index (χ4n) is 2.51. The summed E-state index contributed by atoms with van der Waals surface area (Å²) in [5.74, 6) is 2.47. The quantitative estimate of drug-likeness (QED) is 0.303. The number of amides is 1. The Labute approximate surface area is 171 Å². The monoisotopic (exact) mass is 402 g/mol. The number of nitrogens with zero attached hydrogens (tertiary/aromatic N) is 1. The van der Waals surface area contributed by atoms with Crippen LogP contribution in [0.2, 0.25) is 0 Å². The number of furan rings is 1. The Bertz CT molecular complexity index is 771. The van der Waals surface area contributed by atoms with Gasteiger partial charge in [-0.25, -0.2) is 0 Å². The highest BCUT2D eigenvalue weighted by Crippen LogP contribution is 2.16. The molecule has 1 heterocycles. The molecule has 0 saturated carbocycles. The molecule has 3 N–H and O–H groups in total. The second-order valence-electron chi connectivity index (χ2n) is 6.25. The van der Waals surface area contributed by atoms with E-state index in [9.17, 15) is 4.79 Å². The number of carbonyl (C=O) groups is 1. The van der Waals surface area contributed by atoms with Gasteiger partial charge in [-0.1, -0.05) is 0 Å². The summed E-state index contributed by atoms with van der Waals surface area (Å²) in [5, 5.41) is 9.26. The molecule has 0 fully saturated rings. The molecule has 158 valence electrons. The minimum atomic E-state index is -0.197. The summed E-state index contributed by atoms with van der Waals surface area (Å²) in [6, 6.07) is 9.24. The third-order valence-corrected chi connectivity index (χ3v) is 4.03. The normalized spacial score (nSPS) is 11.1. The standard InChI is InChI=1S/C21H30N4O4/c1-4-22-21(25-13-15-28-18-8-6-17(27-3)7-9-18)24-12-5-11-23-20(26)19-16(2)10-14-29-19/h6-10,14H,4-5,11-13,15H2,1-3H3,(H,23,26)(H2,22,24,25). The highest BCUT2D eigenvalue weighted by molar-refractivity contribution is 5.92. The van der Waals surface area contributed by atoms with Gasteiger partial charge in [-0.15, -0.1) is 0 Å². The molecule has 0 spiro atoms. The number of aliphatic imine (C=N–C) groups is 1. The van der Waals surface area contributed by atoms with E-state index in [2.05, 4.69) is 20.9 Å². The average molecular weight is 402 g/mol. The van der Waals surface area contributed by atoms with Gasteiger partial charge < -0.3 is 29.8 Å². The van der Waals surface area contributed by atoms with Gasteiger partial charge in [-0.3, -0.25) is 9.79 Å². The molecule has 0 aliphatic rings. The summed E-state index contributed by atoms with van der Waals surface area (Å²) in [6.45, 7) is 6.86. The highest BCUT2D eigenvalue weighted by atomic mass is 16.5. The zero-order chi connectivity index (χ0) is 20.9. The van der Waals surface area contributed by atoms with Crippen molar-refractivity contribution in [2.24, 2.45) is 4.99 Å². The maximum Gasteiger partial charge on any atom is 0.287 e. The molecule has 1 amide bonds. The lowest BCUT2D eigenvalue weighted by Gasteiger charge is -2.12. The molecule has 29 heavy (non-hydrogen) atoms. The number of methoxy groups -OCH3 is 1. The maximum atomic E-state index is 12.0. The molecule has 0 atom stereocenters. The first-order valence-electron chi connectivity index (χ1n) is 9.75. The maximum absolute atomic E-state index is 12.0. The Balaban J connectivity index is 1.65. The second-order valence-corrected chi connectivity index (χ2v) is 6.25. The van der Waals surface area contributed by atoms with E-state index in [1.807, 2.05) is 38.1 Å². The van der Waals surface area contributed by atoms with E-state index in [4.69, 9.17) is 13.9 Å². The van der Waals surface area contributed by atoms with Crippen molar-refractivity contribution in [3.05, 3.63) is 47.9 Å². The summed E-state index contributed by atoms with van der Waals surface area (Å²) in [6.07, 6.45) is 2.24. The molecule has 1 aromatic heterocycles. The van der Waals surface area contributed by atoms with Crippen molar-refractivity contribution >= 4 is 11.9 Å². The van der Waals surface area contributed by atoms with Gasteiger partial charge >= 0.3 is 0 Å². The molecule has 2 rings (SSSR count). The summed E-state index contributed by atoms with van der Waals surface area (Å²) in [5.41, 5.74) is 0.830. The minimum Gasteiger partial charge on any atom is -0.497 e. The van der Waals surface area contributed by atoms with Crippen LogP contribution < -0.4 is 25.4 Å². The highest BCUT2D eigenvalue weighted by Gasteiger charge is 2.11. The van der Waals surface area contributed by atoms with Gasteiger partial charge in [0.1, 0.15) is 18.1 Å². The molecule has 2 aromatic rings. The molecule has 0 aliphatic heterocycles. The second kappa shape index (κ2) is 12.3. The Morgan fingerprint density at radius 1 is 1.07 bits per heavy atom. The number of aryl methyl sites for hydroxylation is 1. The first kappa shape index (κ1) is 22.1. The third kappa shape index (κ3) is 7.77. The van der Waals surface area contributed by atoms with E-state index in [0.29, 0.717) is 32.0 Å². The van der Waals surface area contributed by atoms with Crippen molar-refractivity contribution in [2.45, 2.75) is 20.3 Å². The van der Waals surface area contributed by atoms with E-state index in [1.54, 1.807) is 13.2 Å². The Morgan fingerprint density at radius 3 is 2.48 bits per heavy atom. The summed E-state index contributed by atoms with van der Waals surface area (Å²) in [4.78, 5) is 16.5. The SMILES string of the molecule is CCNC(=NCCCNC(=O)c1occc1C)NCCOc1ccc(OC)cc1. The van der Waals surface area contributed by atoms with Crippen LogP contribution in [0.25, 0.3) is 0 Å². The van der Waals surface area contributed by atoms with Crippen LogP contribution >= 0.6 is 0 Å². The van der Waals surface area contributed by atoms with E-state index in [-0.39, 0.29) is 5.91 Å². The molecule has 0 bridgehead atoms. The molecular weight excluding hydrogens is 372 g/mol. The first-order chi connectivity index (χ1) is 14.1. The van der Waals surface area contributed by atoms with Crippen LogP contribution in [0.3, 0.4) is 0 Å². The zero-order valence-corrected chi connectivity index (χ0v) is 17.3. The number of guanidine groups is 1. The smallest absolute Gasteiger partial charge is 0.287 e. The lowest BCUT2D eigenvalue weighted by atomic mass is 10.2. The number of hydrogen-bond donors (Lipinski definition) is 3.